The molecule has 0 saturated carbocycles. The highest BCUT2D eigenvalue weighted by Crippen LogP contribution is 2.32. The molecule has 2 N–H and O–H groups in total. The van der Waals surface area contributed by atoms with Crippen molar-refractivity contribution < 1.29 is 23.7 Å². The fraction of sp³-hybridized carbons (Fsp3) is 0.696. The van der Waals surface area contributed by atoms with Crippen molar-refractivity contribution in [1.29, 1.82) is 0 Å². The number of rotatable bonds is 14. The van der Waals surface area contributed by atoms with Crippen molar-refractivity contribution in [3.63, 3.8) is 0 Å². The lowest BCUT2D eigenvalue weighted by Gasteiger charge is -2.15. The summed E-state index contributed by atoms with van der Waals surface area (Å²) in [5, 5.41) is 6.75. The molecule has 0 aromatic heterocycles. The maximum absolute atomic E-state index is 5.79. The quantitative estimate of drug-likeness (QED) is 0.153. The van der Waals surface area contributed by atoms with Crippen molar-refractivity contribution in [2.24, 2.45) is 10.9 Å². The molecule has 1 aliphatic heterocycles. The molecule has 1 aliphatic rings. The first-order valence-electron chi connectivity index (χ1n) is 11.3. The Morgan fingerprint density at radius 3 is 2.59 bits per heavy atom. The highest BCUT2D eigenvalue weighted by atomic mass is 127. The number of nitrogens with one attached hydrogen (secondary N) is 2. The number of benzene rings is 1. The standard InChI is InChI=1S/C23H39N3O5.HI/c1-19(2)18-29-12-5-10-25-23(24-9-4-11-28-16-15-27-3)26-20-7-8-21-22(17-20)31-14-6-13-30-21;/h7-8,17,19H,4-6,9-16,18H2,1-3H3,(H2,24,25,26);1H. The Bertz CT molecular complexity index is 646. The number of anilines is 1. The molecule has 0 bridgehead atoms. The van der Waals surface area contributed by atoms with Gasteiger partial charge < -0.3 is 34.3 Å². The summed E-state index contributed by atoms with van der Waals surface area (Å²) in [6, 6.07) is 5.87. The van der Waals surface area contributed by atoms with Crippen LogP contribution in [0, 0.1) is 5.92 Å². The molecule has 184 valence electrons. The molecule has 0 aliphatic carbocycles. The largest absolute Gasteiger partial charge is 0.490 e. The number of ether oxygens (including phenoxy) is 5. The van der Waals surface area contributed by atoms with Crippen LogP contribution in [0.2, 0.25) is 0 Å². The van der Waals surface area contributed by atoms with Crippen LogP contribution in [-0.4, -0.2) is 72.4 Å². The van der Waals surface area contributed by atoms with Crippen molar-refractivity contribution >= 4 is 35.6 Å². The molecule has 0 spiro atoms. The van der Waals surface area contributed by atoms with E-state index in [1.165, 1.54) is 0 Å². The van der Waals surface area contributed by atoms with Crippen molar-refractivity contribution in [1.82, 2.24) is 5.32 Å². The van der Waals surface area contributed by atoms with Crippen LogP contribution in [0.4, 0.5) is 5.69 Å². The third-order valence-electron chi connectivity index (χ3n) is 4.37. The van der Waals surface area contributed by atoms with Crippen LogP contribution in [0.5, 0.6) is 11.5 Å². The summed E-state index contributed by atoms with van der Waals surface area (Å²) in [4.78, 5) is 4.70. The predicted molar refractivity (Wildman–Crippen MR) is 139 cm³/mol. The van der Waals surface area contributed by atoms with Crippen molar-refractivity contribution in [3.05, 3.63) is 18.2 Å². The number of aliphatic imine (C=N–C) groups is 1. The lowest BCUT2D eigenvalue weighted by atomic mass is 10.2. The summed E-state index contributed by atoms with van der Waals surface area (Å²) in [5.41, 5.74) is 0.905. The molecule has 1 aromatic carbocycles. The number of fused-ring (bicyclic) bond motifs is 1. The first kappa shape index (κ1) is 28.7. The minimum Gasteiger partial charge on any atom is -0.490 e. The predicted octanol–water partition coefficient (Wildman–Crippen LogP) is 3.94. The number of guanidine groups is 1. The van der Waals surface area contributed by atoms with Gasteiger partial charge in [0.25, 0.3) is 0 Å². The van der Waals surface area contributed by atoms with Crippen LogP contribution in [0.15, 0.2) is 23.2 Å². The zero-order valence-corrected chi connectivity index (χ0v) is 22.0. The zero-order valence-electron chi connectivity index (χ0n) is 19.7. The molecule has 1 aromatic rings. The lowest BCUT2D eigenvalue weighted by Crippen LogP contribution is -2.32. The first-order chi connectivity index (χ1) is 15.2. The molecule has 2 rings (SSSR count). The van der Waals surface area contributed by atoms with Crippen molar-refractivity contribution in [2.75, 3.05) is 71.8 Å². The molecule has 0 fully saturated rings. The molecule has 8 nitrogen and oxygen atoms in total. The van der Waals surface area contributed by atoms with Crippen LogP contribution in [0.3, 0.4) is 0 Å². The van der Waals surface area contributed by atoms with Gasteiger partial charge in [-0.25, -0.2) is 0 Å². The number of hydrogen-bond acceptors (Lipinski definition) is 6. The van der Waals surface area contributed by atoms with Gasteiger partial charge in [0.15, 0.2) is 17.5 Å². The normalized spacial score (nSPS) is 13.4. The third kappa shape index (κ3) is 12.7. The first-order valence-corrected chi connectivity index (χ1v) is 11.3. The topological polar surface area (TPSA) is 82.6 Å². The zero-order chi connectivity index (χ0) is 22.2. The molecular weight excluding hydrogens is 525 g/mol. The number of hydrogen-bond donors (Lipinski definition) is 2. The Labute approximate surface area is 209 Å². The summed E-state index contributed by atoms with van der Waals surface area (Å²) in [6.07, 6.45) is 2.64. The maximum Gasteiger partial charge on any atom is 0.195 e. The highest BCUT2D eigenvalue weighted by Gasteiger charge is 2.11. The Morgan fingerprint density at radius 2 is 1.81 bits per heavy atom. The van der Waals surface area contributed by atoms with Gasteiger partial charge in [0.1, 0.15) is 0 Å². The molecule has 0 atom stereocenters. The van der Waals surface area contributed by atoms with Crippen molar-refractivity contribution in [2.45, 2.75) is 33.1 Å². The Kier molecular flexibility index (Phi) is 16.3. The van der Waals surface area contributed by atoms with E-state index in [2.05, 4.69) is 24.5 Å². The number of nitrogens with zero attached hydrogens (tertiary/aromatic N) is 1. The SMILES string of the molecule is COCCOCCCNC(=NCCCOCC(C)C)Nc1ccc2c(c1)OCCCO2.I. The molecule has 0 amide bonds. The van der Waals surface area contributed by atoms with E-state index in [0.717, 1.165) is 55.6 Å². The van der Waals surface area contributed by atoms with Gasteiger partial charge in [0.05, 0.1) is 26.4 Å². The molecule has 1 heterocycles. The van der Waals surface area contributed by atoms with E-state index in [0.29, 0.717) is 52.1 Å². The van der Waals surface area contributed by atoms with Crippen LogP contribution in [0.25, 0.3) is 0 Å². The lowest BCUT2D eigenvalue weighted by molar-refractivity contribution is 0.0699. The molecule has 9 heteroatoms. The third-order valence-corrected chi connectivity index (χ3v) is 4.37. The van der Waals surface area contributed by atoms with Crippen molar-refractivity contribution in [3.8, 4) is 11.5 Å². The summed E-state index contributed by atoms with van der Waals surface area (Å²) < 4.78 is 27.7. The molecule has 32 heavy (non-hydrogen) atoms. The number of methoxy groups -OCH3 is 1. The van der Waals surface area contributed by atoms with E-state index in [4.69, 9.17) is 28.7 Å². The highest BCUT2D eigenvalue weighted by molar-refractivity contribution is 14.0. The van der Waals surface area contributed by atoms with Gasteiger partial charge in [-0.05, 0) is 30.9 Å². The minimum absolute atomic E-state index is 0. The van der Waals surface area contributed by atoms with E-state index in [1.54, 1.807) is 7.11 Å². The molecule has 0 radical (unpaired) electrons. The van der Waals surface area contributed by atoms with E-state index in [1.807, 2.05) is 18.2 Å². The van der Waals surface area contributed by atoms with Gasteiger partial charge in [0.2, 0.25) is 0 Å². The van der Waals surface area contributed by atoms with Crippen LogP contribution in [0.1, 0.15) is 33.1 Å². The van der Waals surface area contributed by atoms with Gasteiger partial charge in [-0.1, -0.05) is 13.8 Å². The second-order valence-corrected chi connectivity index (χ2v) is 7.78. The number of halogens is 1. The van der Waals surface area contributed by atoms with E-state index in [-0.39, 0.29) is 24.0 Å². The van der Waals surface area contributed by atoms with Gasteiger partial charge >= 0.3 is 0 Å². The molecular formula is C23H40IN3O5. The average molecular weight is 565 g/mol. The summed E-state index contributed by atoms with van der Waals surface area (Å²) >= 11 is 0. The Hall–Kier alpha value is -1.30. The minimum atomic E-state index is 0. The van der Waals surface area contributed by atoms with Gasteiger partial charge in [-0.15, -0.1) is 24.0 Å². The second-order valence-electron chi connectivity index (χ2n) is 7.78. The Balaban J connectivity index is 0.00000512. The Morgan fingerprint density at radius 1 is 1.03 bits per heavy atom. The van der Waals surface area contributed by atoms with E-state index >= 15 is 0 Å². The van der Waals surface area contributed by atoms with E-state index < -0.39 is 0 Å². The fourth-order valence-electron chi connectivity index (χ4n) is 2.82. The molecule has 0 unspecified atom stereocenters. The summed E-state index contributed by atoms with van der Waals surface area (Å²) in [5.74, 6) is 2.82. The van der Waals surface area contributed by atoms with Gasteiger partial charge in [-0.2, -0.15) is 0 Å². The summed E-state index contributed by atoms with van der Waals surface area (Å²) in [6.45, 7) is 10.5. The van der Waals surface area contributed by atoms with Crippen LogP contribution >= 0.6 is 24.0 Å². The second kappa shape index (κ2) is 18.2. The van der Waals surface area contributed by atoms with Gasteiger partial charge in [-0.3, -0.25) is 4.99 Å². The maximum atomic E-state index is 5.79. The smallest absolute Gasteiger partial charge is 0.195 e. The van der Waals surface area contributed by atoms with Crippen LogP contribution in [-0.2, 0) is 14.2 Å². The average Bonchev–Trinajstić information content (AvgIpc) is 3.00. The summed E-state index contributed by atoms with van der Waals surface area (Å²) in [7, 11) is 1.67. The van der Waals surface area contributed by atoms with Gasteiger partial charge in [0, 0.05) is 58.2 Å². The van der Waals surface area contributed by atoms with Crippen LogP contribution < -0.4 is 20.1 Å². The fourth-order valence-corrected chi connectivity index (χ4v) is 2.82. The van der Waals surface area contributed by atoms with E-state index in [9.17, 15) is 0 Å². The monoisotopic (exact) mass is 565 g/mol. The molecule has 0 saturated heterocycles.